The lowest BCUT2D eigenvalue weighted by molar-refractivity contribution is -0.123. The maximum Gasteiger partial charge on any atom is 0.293 e. The van der Waals surface area contributed by atoms with Gasteiger partial charge in [-0.15, -0.1) is 0 Å². The molecule has 2 aliphatic rings. The highest BCUT2D eigenvalue weighted by Crippen LogP contribution is 2.33. The minimum absolute atomic E-state index is 0.0431. The van der Waals surface area contributed by atoms with Crippen LogP contribution in [0.1, 0.15) is 35.3 Å². The molecule has 4 rings (SSSR count). The van der Waals surface area contributed by atoms with Gasteiger partial charge in [-0.1, -0.05) is 18.2 Å². The van der Waals surface area contributed by atoms with Gasteiger partial charge in [0.2, 0.25) is 0 Å². The van der Waals surface area contributed by atoms with Crippen LogP contribution in [-0.4, -0.2) is 52.2 Å². The Morgan fingerprint density at radius 2 is 1.85 bits per heavy atom. The molecule has 2 aromatic rings. The van der Waals surface area contributed by atoms with Crippen LogP contribution in [0.3, 0.4) is 0 Å². The second-order valence-electron chi connectivity index (χ2n) is 8.10. The molecule has 0 aromatic heterocycles. The maximum absolute atomic E-state index is 14.0. The summed E-state index contributed by atoms with van der Waals surface area (Å²) in [5, 5.41) is -0.543. The van der Waals surface area contributed by atoms with Gasteiger partial charge >= 0.3 is 0 Å². The van der Waals surface area contributed by atoms with Crippen molar-refractivity contribution >= 4 is 34.9 Å². The summed E-state index contributed by atoms with van der Waals surface area (Å²) in [6, 6.07) is 9.81. The van der Waals surface area contributed by atoms with E-state index < -0.39 is 22.8 Å². The van der Waals surface area contributed by atoms with E-state index in [4.69, 9.17) is 4.74 Å². The van der Waals surface area contributed by atoms with Gasteiger partial charge in [0.1, 0.15) is 11.6 Å². The van der Waals surface area contributed by atoms with E-state index in [9.17, 15) is 23.2 Å². The summed E-state index contributed by atoms with van der Waals surface area (Å²) in [4.78, 5) is 40.9. The van der Waals surface area contributed by atoms with Crippen LogP contribution in [0.15, 0.2) is 47.4 Å². The predicted molar refractivity (Wildman–Crippen MR) is 120 cm³/mol. The van der Waals surface area contributed by atoms with Crippen molar-refractivity contribution in [2.75, 3.05) is 13.1 Å². The maximum atomic E-state index is 14.0. The molecule has 0 spiro atoms. The third kappa shape index (κ3) is 5.15. The first-order valence-electron chi connectivity index (χ1n) is 10.5. The number of halogens is 2. The first kappa shape index (κ1) is 23.1. The van der Waals surface area contributed by atoms with Gasteiger partial charge in [-0.25, -0.2) is 8.78 Å². The van der Waals surface area contributed by atoms with Gasteiger partial charge in [0.15, 0.2) is 0 Å². The van der Waals surface area contributed by atoms with E-state index in [0.29, 0.717) is 30.3 Å². The summed E-state index contributed by atoms with van der Waals surface area (Å²) in [6.45, 7) is 4.53. The number of thioether (sulfide) groups is 1. The van der Waals surface area contributed by atoms with Crippen LogP contribution in [0, 0.1) is 11.6 Å². The summed E-state index contributed by atoms with van der Waals surface area (Å²) in [6.07, 6.45) is 1.42. The Labute approximate surface area is 194 Å². The molecule has 3 amide bonds. The van der Waals surface area contributed by atoms with E-state index in [1.54, 1.807) is 29.2 Å². The first-order chi connectivity index (χ1) is 15.7. The summed E-state index contributed by atoms with van der Waals surface area (Å²) < 4.78 is 32.8. The van der Waals surface area contributed by atoms with Crippen LogP contribution < -0.4 is 0 Å². The summed E-state index contributed by atoms with van der Waals surface area (Å²) in [5.74, 6) is -2.26. The van der Waals surface area contributed by atoms with Crippen LogP contribution in [0.5, 0.6) is 0 Å². The van der Waals surface area contributed by atoms with Crippen molar-refractivity contribution in [1.82, 2.24) is 9.80 Å². The van der Waals surface area contributed by atoms with Crippen molar-refractivity contribution in [2.45, 2.75) is 32.6 Å². The van der Waals surface area contributed by atoms with Gasteiger partial charge in [0, 0.05) is 30.3 Å². The normalized spacial score (nSPS) is 22.4. The second kappa shape index (κ2) is 9.44. The number of hydrogen-bond donors (Lipinski definition) is 0. The molecule has 0 unspecified atom stereocenters. The smallest absolute Gasteiger partial charge is 0.293 e. The lowest BCUT2D eigenvalue weighted by Gasteiger charge is -2.35. The van der Waals surface area contributed by atoms with Crippen LogP contribution in [0.2, 0.25) is 0 Å². The van der Waals surface area contributed by atoms with Crippen molar-refractivity contribution in [3.05, 3.63) is 75.7 Å². The number of imide groups is 1. The number of carbonyl (C=O) groups excluding carboxylic acids is 3. The van der Waals surface area contributed by atoms with E-state index in [0.717, 1.165) is 22.7 Å². The average molecular weight is 473 g/mol. The molecule has 2 aliphatic heterocycles. The van der Waals surface area contributed by atoms with Crippen LogP contribution in [-0.2, 0) is 16.1 Å². The minimum atomic E-state index is -0.823. The third-order valence-corrected chi connectivity index (χ3v) is 6.26. The molecule has 2 aromatic carbocycles. The van der Waals surface area contributed by atoms with Crippen molar-refractivity contribution < 1.29 is 27.9 Å². The van der Waals surface area contributed by atoms with Gasteiger partial charge in [-0.2, -0.15) is 0 Å². The highest BCUT2D eigenvalue weighted by atomic mass is 32.2. The number of carbonyl (C=O) groups is 3. The number of nitrogens with zero attached hydrogens (tertiary/aromatic N) is 2. The molecule has 2 fully saturated rings. The van der Waals surface area contributed by atoms with E-state index in [1.807, 2.05) is 13.8 Å². The molecule has 0 bridgehead atoms. The predicted octanol–water partition coefficient (Wildman–Crippen LogP) is 4.45. The number of morpholine rings is 1. The zero-order valence-corrected chi connectivity index (χ0v) is 18.9. The fraction of sp³-hybridized carbons (Fsp3) is 0.292. The standard InChI is InChI=1S/C24H22F2N2O4S/c1-14-11-27(12-15(2)32-14)22(29)17-5-3-4-16(8-17)9-21-23(30)28(24(31)33-21)13-18-6-7-19(25)10-20(18)26/h3-10,14-15H,11-13H2,1-2H3/b21-9-/t14-,15+. The molecule has 9 heteroatoms. The highest BCUT2D eigenvalue weighted by Gasteiger charge is 2.35. The Hall–Kier alpha value is -3.04. The van der Waals surface area contributed by atoms with Crippen LogP contribution in [0.25, 0.3) is 6.08 Å². The van der Waals surface area contributed by atoms with Gasteiger partial charge in [-0.3, -0.25) is 19.3 Å². The van der Waals surface area contributed by atoms with E-state index in [2.05, 4.69) is 0 Å². The largest absolute Gasteiger partial charge is 0.372 e. The summed E-state index contributed by atoms with van der Waals surface area (Å²) >= 11 is 0.738. The van der Waals surface area contributed by atoms with Gasteiger partial charge in [0.05, 0.1) is 23.7 Å². The zero-order valence-electron chi connectivity index (χ0n) is 18.1. The van der Waals surface area contributed by atoms with Gasteiger partial charge in [-0.05, 0) is 55.4 Å². The fourth-order valence-electron chi connectivity index (χ4n) is 3.90. The molecule has 2 heterocycles. The molecule has 33 heavy (non-hydrogen) atoms. The van der Waals surface area contributed by atoms with Crippen LogP contribution in [0.4, 0.5) is 13.6 Å². The molecule has 2 saturated heterocycles. The molecular weight excluding hydrogens is 450 g/mol. The Bertz CT molecular complexity index is 1140. The number of rotatable bonds is 4. The topological polar surface area (TPSA) is 66.9 Å². The van der Waals surface area contributed by atoms with Gasteiger partial charge in [0.25, 0.3) is 17.1 Å². The first-order valence-corrected chi connectivity index (χ1v) is 11.3. The fourth-order valence-corrected chi connectivity index (χ4v) is 4.73. The van der Waals surface area contributed by atoms with E-state index in [1.165, 1.54) is 12.1 Å². The minimum Gasteiger partial charge on any atom is -0.372 e. The number of amides is 3. The number of benzene rings is 2. The second-order valence-corrected chi connectivity index (χ2v) is 9.09. The van der Waals surface area contributed by atoms with Crippen molar-refractivity contribution in [1.29, 1.82) is 0 Å². The van der Waals surface area contributed by atoms with Crippen LogP contribution >= 0.6 is 11.8 Å². The lowest BCUT2D eigenvalue weighted by atomic mass is 10.1. The van der Waals surface area contributed by atoms with E-state index >= 15 is 0 Å². The lowest BCUT2D eigenvalue weighted by Crippen LogP contribution is -2.48. The number of ether oxygens (including phenoxy) is 1. The molecule has 172 valence electrons. The molecule has 6 nitrogen and oxygen atoms in total. The third-order valence-electron chi connectivity index (χ3n) is 5.36. The molecule has 0 radical (unpaired) electrons. The Morgan fingerprint density at radius 1 is 1.12 bits per heavy atom. The monoisotopic (exact) mass is 472 g/mol. The highest BCUT2D eigenvalue weighted by molar-refractivity contribution is 8.18. The van der Waals surface area contributed by atoms with Crippen molar-refractivity contribution in [2.24, 2.45) is 0 Å². The SMILES string of the molecule is C[C@@H]1CN(C(=O)c2cccc(/C=C3\SC(=O)N(Cc4ccc(F)cc4F)C3=O)c2)C[C@H](C)O1. The van der Waals surface area contributed by atoms with E-state index in [-0.39, 0.29) is 35.1 Å². The zero-order chi connectivity index (χ0) is 23.7. The summed E-state index contributed by atoms with van der Waals surface area (Å²) in [5.41, 5.74) is 1.10. The molecule has 0 aliphatic carbocycles. The Kier molecular flexibility index (Phi) is 6.62. The quantitative estimate of drug-likeness (QED) is 0.615. The van der Waals surface area contributed by atoms with Crippen molar-refractivity contribution in [3.8, 4) is 0 Å². The molecule has 0 N–H and O–H groups in total. The number of hydrogen-bond acceptors (Lipinski definition) is 5. The molecule has 0 saturated carbocycles. The summed E-state index contributed by atoms with van der Waals surface area (Å²) in [7, 11) is 0. The van der Waals surface area contributed by atoms with Gasteiger partial charge < -0.3 is 9.64 Å². The molecule has 2 atom stereocenters. The Balaban J connectivity index is 1.51. The average Bonchev–Trinajstić information content (AvgIpc) is 3.01. The van der Waals surface area contributed by atoms with Crippen molar-refractivity contribution in [3.63, 3.8) is 0 Å². The Morgan fingerprint density at radius 3 is 2.55 bits per heavy atom. The molecular formula is C24H22F2N2O4S.